The molecule has 1 aliphatic rings. The highest BCUT2D eigenvalue weighted by Crippen LogP contribution is 2.34. The van der Waals surface area contributed by atoms with Crippen LogP contribution in [0, 0.1) is 0 Å². The van der Waals surface area contributed by atoms with E-state index in [0.717, 1.165) is 28.4 Å². The van der Waals surface area contributed by atoms with Crippen molar-refractivity contribution in [3.05, 3.63) is 48.0 Å². The highest BCUT2D eigenvalue weighted by Gasteiger charge is 2.24. The lowest BCUT2D eigenvalue weighted by Crippen LogP contribution is -2.38. The van der Waals surface area contributed by atoms with E-state index in [4.69, 9.17) is 9.47 Å². The van der Waals surface area contributed by atoms with Gasteiger partial charge in [-0.05, 0) is 36.8 Å². The molecular formula is C18H20N2O3. The van der Waals surface area contributed by atoms with Crippen molar-refractivity contribution in [2.75, 3.05) is 30.5 Å². The van der Waals surface area contributed by atoms with E-state index in [-0.39, 0.29) is 12.5 Å². The van der Waals surface area contributed by atoms with Crippen molar-refractivity contribution in [1.29, 1.82) is 0 Å². The molecule has 0 saturated carbocycles. The fraction of sp³-hybridized carbons (Fsp3) is 0.278. The van der Waals surface area contributed by atoms with Crippen molar-refractivity contribution < 1.29 is 14.3 Å². The zero-order chi connectivity index (χ0) is 16.2. The summed E-state index contributed by atoms with van der Waals surface area (Å²) in [6.45, 7) is 3.42. The lowest BCUT2D eigenvalue weighted by Gasteiger charge is -2.28. The molecule has 0 fully saturated rings. The topological polar surface area (TPSA) is 50.8 Å². The molecule has 120 valence electrons. The molecule has 3 rings (SSSR count). The highest BCUT2D eigenvalue weighted by molar-refractivity contribution is 5.98. The lowest BCUT2D eigenvalue weighted by atomic mass is 10.2. The highest BCUT2D eigenvalue weighted by atomic mass is 16.5. The number of methoxy groups -OCH3 is 1. The minimum atomic E-state index is -0.000980. The zero-order valence-electron chi connectivity index (χ0n) is 13.3. The van der Waals surface area contributed by atoms with Crippen LogP contribution in [0.5, 0.6) is 11.5 Å². The summed E-state index contributed by atoms with van der Waals surface area (Å²) in [5.41, 5.74) is 2.96. The summed E-state index contributed by atoms with van der Waals surface area (Å²) < 4.78 is 10.7. The van der Waals surface area contributed by atoms with Crippen LogP contribution in [-0.4, -0.2) is 26.2 Å². The minimum absolute atomic E-state index is 0.000980. The molecule has 0 atom stereocenters. The Bertz CT molecular complexity index is 698. The van der Waals surface area contributed by atoms with Gasteiger partial charge in [-0.1, -0.05) is 12.1 Å². The van der Waals surface area contributed by atoms with Crippen LogP contribution in [0.2, 0.25) is 0 Å². The van der Waals surface area contributed by atoms with Gasteiger partial charge < -0.3 is 19.7 Å². The van der Waals surface area contributed by atoms with Crippen molar-refractivity contribution in [2.45, 2.75) is 13.5 Å². The molecule has 1 heterocycles. The van der Waals surface area contributed by atoms with Gasteiger partial charge in [0.25, 0.3) is 5.91 Å². The Hall–Kier alpha value is -2.69. The Morgan fingerprint density at radius 2 is 2.00 bits per heavy atom. The molecule has 5 nitrogen and oxygen atoms in total. The number of hydrogen-bond acceptors (Lipinski definition) is 4. The van der Waals surface area contributed by atoms with Gasteiger partial charge in [-0.3, -0.25) is 4.79 Å². The fourth-order valence-corrected chi connectivity index (χ4v) is 2.61. The van der Waals surface area contributed by atoms with Gasteiger partial charge in [0.1, 0.15) is 11.5 Å². The summed E-state index contributed by atoms with van der Waals surface area (Å²) in [7, 11) is 1.66. The number of fused-ring (bicyclic) bond motifs is 1. The maximum Gasteiger partial charge on any atom is 0.265 e. The number of rotatable bonds is 5. The predicted molar refractivity (Wildman–Crippen MR) is 90.3 cm³/mol. The second-order valence-corrected chi connectivity index (χ2v) is 5.31. The number of nitrogens with zero attached hydrogens (tertiary/aromatic N) is 1. The third-order valence-corrected chi connectivity index (χ3v) is 3.87. The minimum Gasteiger partial charge on any atom is -0.497 e. The number of anilines is 2. The molecule has 0 radical (unpaired) electrons. The van der Waals surface area contributed by atoms with Gasteiger partial charge in [-0.25, -0.2) is 0 Å². The smallest absolute Gasteiger partial charge is 0.265 e. The second-order valence-electron chi connectivity index (χ2n) is 5.31. The van der Waals surface area contributed by atoms with E-state index in [1.54, 1.807) is 12.0 Å². The van der Waals surface area contributed by atoms with Crippen LogP contribution in [0.3, 0.4) is 0 Å². The van der Waals surface area contributed by atoms with Crippen LogP contribution >= 0.6 is 0 Å². The van der Waals surface area contributed by atoms with E-state index in [2.05, 4.69) is 5.32 Å². The molecule has 23 heavy (non-hydrogen) atoms. The normalized spacial score (nSPS) is 13.3. The fourth-order valence-electron chi connectivity index (χ4n) is 2.61. The molecule has 2 aromatic rings. The van der Waals surface area contributed by atoms with Crippen LogP contribution in [0.4, 0.5) is 11.4 Å². The Labute approximate surface area is 135 Å². The van der Waals surface area contributed by atoms with Gasteiger partial charge in [0.05, 0.1) is 12.8 Å². The second kappa shape index (κ2) is 6.60. The first kappa shape index (κ1) is 15.2. The summed E-state index contributed by atoms with van der Waals surface area (Å²) in [4.78, 5) is 13.6. The van der Waals surface area contributed by atoms with Crippen LogP contribution in [0.15, 0.2) is 42.5 Å². The van der Waals surface area contributed by atoms with Gasteiger partial charge in [-0.15, -0.1) is 0 Å². The first-order valence-electron chi connectivity index (χ1n) is 7.65. The first-order valence-corrected chi connectivity index (χ1v) is 7.65. The number of carbonyl (C=O) groups is 1. The third-order valence-electron chi connectivity index (χ3n) is 3.87. The molecule has 0 spiro atoms. The average molecular weight is 312 g/mol. The number of hydrogen-bond donors (Lipinski definition) is 1. The molecule has 0 unspecified atom stereocenters. The standard InChI is InChI=1S/C18H20N2O3/c1-3-20-16-9-6-14(10-17(16)23-12-18(20)21)19-11-13-4-7-15(22-2)8-5-13/h4-10,19H,3,11-12H2,1-2H3. The maximum atomic E-state index is 11.8. The number of carbonyl (C=O) groups excluding carboxylic acids is 1. The number of ether oxygens (including phenoxy) is 2. The molecule has 2 aromatic carbocycles. The zero-order valence-corrected chi connectivity index (χ0v) is 13.3. The summed E-state index contributed by atoms with van der Waals surface area (Å²) >= 11 is 0. The van der Waals surface area contributed by atoms with Gasteiger partial charge in [-0.2, -0.15) is 0 Å². The SMILES string of the molecule is CCN1C(=O)COc2cc(NCc3ccc(OC)cc3)ccc21. The molecule has 0 bridgehead atoms. The van der Waals surface area contributed by atoms with Gasteiger partial charge >= 0.3 is 0 Å². The molecule has 5 heteroatoms. The Morgan fingerprint density at radius 3 is 2.70 bits per heavy atom. The van der Waals surface area contributed by atoms with E-state index < -0.39 is 0 Å². The van der Waals surface area contributed by atoms with E-state index in [1.807, 2.05) is 49.4 Å². The van der Waals surface area contributed by atoms with Crippen molar-refractivity contribution >= 4 is 17.3 Å². The van der Waals surface area contributed by atoms with Crippen molar-refractivity contribution in [2.24, 2.45) is 0 Å². The lowest BCUT2D eigenvalue weighted by molar-refractivity contribution is -0.121. The van der Waals surface area contributed by atoms with Crippen LogP contribution < -0.4 is 19.7 Å². The van der Waals surface area contributed by atoms with Crippen molar-refractivity contribution in [1.82, 2.24) is 0 Å². The molecule has 0 aliphatic carbocycles. The van der Waals surface area contributed by atoms with E-state index >= 15 is 0 Å². The number of benzene rings is 2. The van der Waals surface area contributed by atoms with Gasteiger partial charge in [0, 0.05) is 24.8 Å². The first-order chi connectivity index (χ1) is 11.2. The maximum absolute atomic E-state index is 11.8. The summed E-state index contributed by atoms with van der Waals surface area (Å²) in [5, 5.41) is 3.37. The Balaban J connectivity index is 1.70. The monoisotopic (exact) mass is 312 g/mol. The number of likely N-dealkylation sites (N-methyl/N-ethyl adjacent to an activating group) is 1. The van der Waals surface area contributed by atoms with Crippen LogP contribution in [-0.2, 0) is 11.3 Å². The number of nitrogens with one attached hydrogen (secondary N) is 1. The van der Waals surface area contributed by atoms with E-state index in [1.165, 1.54) is 0 Å². The van der Waals surface area contributed by atoms with Gasteiger partial charge in [0.15, 0.2) is 6.61 Å². The molecule has 1 amide bonds. The quantitative estimate of drug-likeness (QED) is 0.922. The van der Waals surface area contributed by atoms with Crippen molar-refractivity contribution in [3.63, 3.8) is 0 Å². The average Bonchev–Trinajstić information content (AvgIpc) is 2.60. The van der Waals surface area contributed by atoms with Crippen molar-refractivity contribution in [3.8, 4) is 11.5 Å². The number of amides is 1. The van der Waals surface area contributed by atoms with Crippen LogP contribution in [0.25, 0.3) is 0 Å². The van der Waals surface area contributed by atoms with Gasteiger partial charge in [0.2, 0.25) is 0 Å². The predicted octanol–water partition coefficient (Wildman–Crippen LogP) is 3.05. The molecule has 1 N–H and O–H groups in total. The molecule has 0 aromatic heterocycles. The summed E-state index contributed by atoms with van der Waals surface area (Å²) in [5.74, 6) is 1.59. The molecular weight excluding hydrogens is 292 g/mol. The van der Waals surface area contributed by atoms with E-state index in [9.17, 15) is 4.79 Å². The Morgan fingerprint density at radius 1 is 1.22 bits per heavy atom. The Kier molecular flexibility index (Phi) is 4.37. The van der Waals surface area contributed by atoms with Crippen LogP contribution in [0.1, 0.15) is 12.5 Å². The molecule has 1 aliphatic heterocycles. The molecule has 0 saturated heterocycles. The summed E-state index contributed by atoms with van der Waals surface area (Å²) in [6.07, 6.45) is 0. The largest absolute Gasteiger partial charge is 0.497 e. The third kappa shape index (κ3) is 3.23. The van der Waals surface area contributed by atoms with E-state index in [0.29, 0.717) is 13.1 Å². The summed E-state index contributed by atoms with van der Waals surface area (Å²) in [6, 6.07) is 13.8.